The van der Waals surface area contributed by atoms with Gasteiger partial charge in [0.1, 0.15) is 23.8 Å². The van der Waals surface area contributed by atoms with E-state index in [1.807, 2.05) is 0 Å². The predicted molar refractivity (Wildman–Crippen MR) is 116 cm³/mol. The summed E-state index contributed by atoms with van der Waals surface area (Å²) in [6, 6.07) is 2.75. The molecule has 2 heterocycles. The molecule has 0 spiro atoms. The van der Waals surface area contributed by atoms with Crippen molar-refractivity contribution in [1.82, 2.24) is 14.5 Å². The van der Waals surface area contributed by atoms with E-state index < -0.39 is 72.4 Å². The Balaban J connectivity index is 2.27. The molecular weight excluding hydrogens is 515 g/mol. The second-order valence-corrected chi connectivity index (χ2v) is 10.2. The van der Waals surface area contributed by atoms with Gasteiger partial charge in [-0.2, -0.15) is 4.98 Å². The minimum atomic E-state index is -5.12. The van der Waals surface area contributed by atoms with Crippen molar-refractivity contribution in [3.05, 3.63) is 44.1 Å². The van der Waals surface area contributed by atoms with Crippen LogP contribution in [0.3, 0.4) is 0 Å². The first-order valence-electron chi connectivity index (χ1n) is 9.73. The van der Waals surface area contributed by atoms with Gasteiger partial charge >= 0.3 is 35.1 Å². The van der Waals surface area contributed by atoms with Gasteiger partial charge in [-0.25, -0.2) is 13.9 Å². The van der Waals surface area contributed by atoms with Gasteiger partial charge in [0.25, 0.3) is 5.52 Å². The highest BCUT2D eigenvalue weighted by Gasteiger charge is 2.39. The van der Waals surface area contributed by atoms with Crippen LogP contribution < -0.4 is 15.2 Å². The number of aromatic nitrogens is 4. The maximum Gasteiger partial charge on any atom is 0.512 e. The van der Waals surface area contributed by atoms with Crippen LogP contribution in [0.15, 0.2) is 21.7 Å². The predicted octanol–water partition coefficient (Wildman–Crippen LogP) is -3.06. The molecule has 1 aromatic rings. The fraction of sp³-hybridized carbons (Fsp3) is 0.412. The van der Waals surface area contributed by atoms with Crippen molar-refractivity contribution in [2.45, 2.75) is 38.7 Å². The quantitative estimate of drug-likeness (QED) is 0.0653. The Hall–Kier alpha value is -2.60. The topological polar surface area (TPSA) is 253 Å². The zero-order chi connectivity index (χ0) is 26.5. The highest BCUT2D eigenvalue weighted by molar-refractivity contribution is 7.79. The summed E-state index contributed by atoms with van der Waals surface area (Å²) in [5, 5.41) is 30.7. The molecule has 16 nitrogen and oxygen atoms in total. The number of fused-ring (bicyclic) bond motifs is 2. The Kier molecular flexibility index (Phi) is 7.29. The van der Waals surface area contributed by atoms with Crippen molar-refractivity contribution in [3.8, 4) is 11.5 Å². The number of phosphoric ester groups is 1. The maximum atomic E-state index is 12.6. The van der Waals surface area contributed by atoms with Gasteiger partial charge in [-0.15, -0.1) is 8.42 Å². The summed E-state index contributed by atoms with van der Waals surface area (Å²) in [5.74, 6) is -0.584. The molecule has 0 unspecified atom stereocenters. The van der Waals surface area contributed by atoms with Crippen LogP contribution in [0.5, 0.6) is 0 Å². The molecule has 0 saturated carbocycles. The van der Waals surface area contributed by atoms with Crippen molar-refractivity contribution in [2.24, 2.45) is 0 Å². The first-order valence-corrected chi connectivity index (χ1v) is 12.7. The first kappa shape index (κ1) is 27.0. The average molecular weight is 537 g/mol. The maximum absolute atomic E-state index is 12.6. The zero-order valence-corrected chi connectivity index (χ0v) is 19.8. The van der Waals surface area contributed by atoms with Crippen LogP contribution in [-0.4, -0.2) is 77.5 Å². The van der Waals surface area contributed by atoms with Crippen LogP contribution in [0.1, 0.15) is 11.1 Å². The molecule has 192 valence electrons. The fourth-order valence-electron chi connectivity index (χ4n) is 3.45. The number of aryl methyl sites for hydroxylation is 2. The van der Waals surface area contributed by atoms with Gasteiger partial charge in [-0.05, 0) is 35.0 Å². The Bertz CT molecular complexity index is 1530. The third-order valence-electron chi connectivity index (χ3n) is 5.22. The van der Waals surface area contributed by atoms with Gasteiger partial charge < -0.3 is 29.7 Å². The number of aliphatic hydroxyl groups is 3. The van der Waals surface area contributed by atoms with E-state index in [-0.39, 0.29) is 15.0 Å². The lowest BCUT2D eigenvalue weighted by Crippen LogP contribution is -2.52. The van der Waals surface area contributed by atoms with Crippen molar-refractivity contribution >= 4 is 29.2 Å². The molecule has 35 heavy (non-hydrogen) atoms. The van der Waals surface area contributed by atoms with Crippen LogP contribution in [0.2, 0.25) is 0 Å². The van der Waals surface area contributed by atoms with Crippen molar-refractivity contribution in [1.29, 1.82) is 0 Å². The summed E-state index contributed by atoms with van der Waals surface area (Å²) in [7, 11) is -10.1. The SMILES string of the molecule is Cc1cc2c(cc1C)[n+](S(=O)(=O)O)c1c(=O)[nH]c(=O)nc-1n2C[C@@H](O)[C@@H](O)[C@H](O)COP(=O)(O)O. The Morgan fingerprint density at radius 2 is 1.74 bits per heavy atom. The molecule has 0 amide bonds. The van der Waals surface area contributed by atoms with Crippen molar-refractivity contribution in [2.75, 3.05) is 6.61 Å². The number of phosphoric acid groups is 1. The fourth-order valence-corrected chi connectivity index (χ4v) is 4.59. The molecule has 0 saturated heterocycles. The number of rotatable bonds is 8. The molecule has 2 aliphatic heterocycles. The monoisotopic (exact) mass is 537 g/mol. The van der Waals surface area contributed by atoms with Gasteiger partial charge in [0.2, 0.25) is 5.82 Å². The summed E-state index contributed by atoms with van der Waals surface area (Å²) < 4.78 is 50.6. The van der Waals surface area contributed by atoms with E-state index in [0.29, 0.717) is 11.1 Å². The molecule has 0 radical (unpaired) electrons. The highest BCUT2D eigenvalue weighted by Crippen LogP contribution is 2.36. The molecule has 2 aliphatic rings. The van der Waals surface area contributed by atoms with E-state index in [2.05, 4.69) is 9.51 Å². The molecular formula is C17H22N4O12PS+. The minimum Gasteiger partial charge on any atom is -0.388 e. The third-order valence-corrected chi connectivity index (χ3v) is 6.54. The van der Waals surface area contributed by atoms with Crippen LogP contribution in [0.25, 0.3) is 22.6 Å². The van der Waals surface area contributed by atoms with Crippen LogP contribution >= 0.6 is 7.82 Å². The van der Waals surface area contributed by atoms with Crippen molar-refractivity contribution < 1.29 is 51.1 Å². The normalized spacial score (nSPS) is 15.4. The molecule has 0 aromatic heterocycles. The standard InChI is InChI=1S/C17H21N4O12PS/c1-7-3-9-10(4-8(7)2)21(35(30,31)32)13-15(18-17(26)19-16(13)25)20(9)5-11(22)14(24)12(23)6-33-34(27,28)29/h3-4,11-12,14,22-24H,5-6H2,1-2H3,(H3-,19,25,26,27,28,29,30,31,32)/p+1/t11-,12-,14-/m1/s1. The highest BCUT2D eigenvalue weighted by atomic mass is 32.2. The van der Waals surface area contributed by atoms with Crippen LogP contribution in [-0.2, 0) is 25.9 Å². The lowest BCUT2D eigenvalue weighted by Gasteiger charge is -2.25. The lowest BCUT2D eigenvalue weighted by atomic mass is 10.1. The Morgan fingerprint density at radius 1 is 1.14 bits per heavy atom. The second kappa shape index (κ2) is 9.45. The van der Waals surface area contributed by atoms with Gasteiger partial charge in [0.05, 0.1) is 13.2 Å². The summed E-state index contributed by atoms with van der Waals surface area (Å²) >= 11 is 0. The lowest BCUT2D eigenvalue weighted by molar-refractivity contribution is -0.479. The van der Waals surface area contributed by atoms with E-state index in [1.54, 1.807) is 18.8 Å². The molecule has 3 rings (SSSR count). The number of nitrogens with one attached hydrogen (secondary N) is 1. The van der Waals surface area contributed by atoms with E-state index in [1.165, 1.54) is 12.1 Å². The Labute approximate surface area is 196 Å². The summed E-state index contributed by atoms with van der Waals surface area (Å²) in [6.07, 6.45) is -5.92. The largest absolute Gasteiger partial charge is 0.512 e. The number of nitrogens with zero attached hydrogens (tertiary/aromatic N) is 3. The minimum absolute atomic E-state index is 0.0390. The second-order valence-electron chi connectivity index (χ2n) is 7.73. The summed E-state index contributed by atoms with van der Waals surface area (Å²) in [5.41, 5.74) is -2.29. The smallest absolute Gasteiger partial charge is 0.388 e. The van der Waals surface area contributed by atoms with Gasteiger partial charge in [0.15, 0.2) is 0 Å². The molecule has 0 bridgehead atoms. The summed E-state index contributed by atoms with van der Waals surface area (Å²) in [6.45, 7) is 1.54. The van der Waals surface area contributed by atoms with Crippen molar-refractivity contribution in [3.63, 3.8) is 0 Å². The molecule has 0 fully saturated rings. The number of aliphatic hydroxyl groups excluding tert-OH is 3. The number of aromatic amines is 1. The van der Waals surface area contributed by atoms with Gasteiger partial charge in [-0.1, -0.05) is 0 Å². The molecule has 1 aromatic carbocycles. The van der Waals surface area contributed by atoms with E-state index >= 15 is 0 Å². The van der Waals surface area contributed by atoms with Crippen LogP contribution in [0, 0.1) is 13.8 Å². The van der Waals surface area contributed by atoms with Gasteiger partial charge in [-0.3, -0.25) is 14.3 Å². The Morgan fingerprint density at radius 3 is 2.31 bits per heavy atom. The summed E-state index contributed by atoms with van der Waals surface area (Å²) in [4.78, 5) is 47.4. The molecule has 18 heteroatoms. The van der Waals surface area contributed by atoms with E-state index in [4.69, 9.17) is 9.79 Å². The number of benzene rings is 1. The average Bonchev–Trinajstić information content (AvgIpc) is 2.71. The number of hydrogen-bond acceptors (Lipinski definition) is 10. The number of H-pyrrole nitrogens is 1. The van der Waals surface area contributed by atoms with E-state index in [9.17, 15) is 42.4 Å². The third kappa shape index (κ3) is 5.64. The molecule has 7 N–H and O–H groups in total. The first-order chi connectivity index (χ1) is 16.0. The van der Waals surface area contributed by atoms with E-state index in [0.717, 1.165) is 4.57 Å². The van der Waals surface area contributed by atoms with Gasteiger partial charge in [0, 0.05) is 6.07 Å². The zero-order valence-electron chi connectivity index (χ0n) is 18.1. The molecule has 3 atom stereocenters. The van der Waals surface area contributed by atoms with Crippen LogP contribution in [0.4, 0.5) is 0 Å². The number of hydrogen-bond donors (Lipinski definition) is 7. The molecule has 0 aliphatic carbocycles.